The molecule has 1 saturated heterocycles. The van der Waals surface area contributed by atoms with Crippen LogP contribution in [0, 0.1) is 5.41 Å². The van der Waals surface area contributed by atoms with Crippen LogP contribution in [0.15, 0.2) is 0 Å². The van der Waals surface area contributed by atoms with Gasteiger partial charge in [0.25, 0.3) is 0 Å². The van der Waals surface area contributed by atoms with E-state index < -0.39 is 0 Å². The number of amidine groups is 1. The first-order valence-electron chi connectivity index (χ1n) is 5.31. The Balaban J connectivity index is 2.02. The molecule has 0 saturated carbocycles. The zero-order chi connectivity index (χ0) is 10.4. The first kappa shape index (κ1) is 11.5. The summed E-state index contributed by atoms with van der Waals surface area (Å²) < 4.78 is 5.33. The Hall–Kier alpha value is -0.610. The normalized spacial score (nSPS) is 21.7. The molecule has 14 heavy (non-hydrogen) atoms. The molecule has 1 unspecified atom stereocenters. The number of likely N-dealkylation sites (N-methyl/N-ethyl adjacent to an activating group) is 1. The number of hydrogen-bond acceptors (Lipinski definition) is 3. The molecule has 1 fully saturated rings. The van der Waals surface area contributed by atoms with Gasteiger partial charge in [0.2, 0.25) is 0 Å². The molecule has 3 N–H and O–H groups in total. The Labute approximate surface area is 85.9 Å². The summed E-state index contributed by atoms with van der Waals surface area (Å²) in [6.45, 7) is 2.87. The second-order valence-electron chi connectivity index (χ2n) is 3.98. The Morgan fingerprint density at radius 3 is 2.93 bits per heavy atom. The molecule has 1 rings (SSSR count). The van der Waals surface area contributed by atoms with E-state index in [-0.39, 0.29) is 0 Å². The summed E-state index contributed by atoms with van der Waals surface area (Å²) in [5.74, 6) is 0.303. The van der Waals surface area contributed by atoms with Crippen LogP contribution in [0.5, 0.6) is 0 Å². The average Bonchev–Trinajstić information content (AvgIpc) is 2.64. The zero-order valence-corrected chi connectivity index (χ0v) is 8.96. The molecule has 0 aromatic heterocycles. The first-order valence-corrected chi connectivity index (χ1v) is 5.31. The number of unbranched alkanes of at least 4 members (excludes halogenated alkanes) is 1. The van der Waals surface area contributed by atoms with Gasteiger partial charge in [-0.15, -0.1) is 0 Å². The zero-order valence-electron chi connectivity index (χ0n) is 8.96. The summed E-state index contributed by atoms with van der Waals surface area (Å²) in [6.07, 6.45) is 4.03. The van der Waals surface area contributed by atoms with Gasteiger partial charge < -0.3 is 15.4 Å². The first-order chi connectivity index (χ1) is 6.70. The minimum absolute atomic E-state index is 0.303. The molecule has 0 radical (unpaired) electrons. The van der Waals surface area contributed by atoms with Gasteiger partial charge in [-0.05, 0) is 32.9 Å². The maximum Gasteiger partial charge on any atom is 0.0905 e. The fourth-order valence-corrected chi connectivity index (χ4v) is 1.73. The minimum Gasteiger partial charge on any atom is -0.388 e. The van der Waals surface area contributed by atoms with Gasteiger partial charge in [0, 0.05) is 19.1 Å². The van der Waals surface area contributed by atoms with Crippen LogP contribution in [0.3, 0.4) is 0 Å². The van der Waals surface area contributed by atoms with Crippen LogP contribution in [-0.2, 0) is 4.74 Å². The minimum atomic E-state index is 0.303. The van der Waals surface area contributed by atoms with E-state index in [1.807, 2.05) is 0 Å². The van der Waals surface area contributed by atoms with E-state index in [1.54, 1.807) is 0 Å². The molecule has 82 valence electrons. The van der Waals surface area contributed by atoms with E-state index in [0.29, 0.717) is 11.9 Å². The summed E-state index contributed by atoms with van der Waals surface area (Å²) in [7, 11) is 2.15. The van der Waals surface area contributed by atoms with E-state index in [4.69, 9.17) is 15.9 Å². The number of nitrogens with two attached hydrogens (primary N) is 1. The number of nitrogens with one attached hydrogen (secondary N) is 1. The lowest BCUT2D eigenvalue weighted by atomic mass is 10.2. The van der Waals surface area contributed by atoms with Crippen LogP contribution < -0.4 is 5.73 Å². The molecule has 1 aliphatic heterocycles. The predicted octanol–water partition coefficient (Wildman–Crippen LogP) is 0.813. The van der Waals surface area contributed by atoms with Crippen LogP contribution in [0.25, 0.3) is 0 Å². The van der Waals surface area contributed by atoms with Crippen LogP contribution in [-0.4, -0.2) is 43.6 Å². The predicted molar refractivity (Wildman–Crippen MR) is 57.6 cm³/mol. The molecular formula is C10H21N3O. The molecule has 1 heterocycles. The summed E-state index contributed by atoms with van der Waals surface area (Å²) >= 11 is 0. The third-order valence-electron chi connectivity index (χ3n) is 2.74. The molecule has 0 spiro atoms. The lowest BCUT2D eigenvalue weighted by Crippen LogP contribution is -2.32. The Bertz CT molecular complexity index is 178. The largest absolute Gasteiger partial charge is 0.388 e. The molecule has 4 nitrogen and oxygen atoms in total. The molecule has 0 amide bonds. The van der Waals surface area contributed by atoms with Gasteiger partial charge in [-0.3, -0.25) is 5.41 Å². The van der Waals surface area contributed by atoms with Crippen molar-refractivity contribution in [2.75, 3.05) is 26.8 Å². The van der Waals surface area contributed by atoms with Crippen molar-refractivity contribution >= 4 is 5.84 Å². The second kappa shape index (κ2) is 5.98. The molecule has 0 aromatic carbocycles. The summed E-state index contributed by atoms with van der Waals surface area (Å²) in [4.78, 5) is 2.35. The maximum atomic E-state index is 7.09. The monoisotopic (exact) mass is 199 g/mol. The van der Waals surface area contributed by atoms with Gasteiger partial charge in [0.05, 0.1) is 12.4 Å². The van der Waals surface area contributed by atoms with Crippen LogP contribution >= 0.6 is 0 Å². The number of rotatable bonds is 6. The van der Waals surface area contributed by atoms with E-state index in [9.17, 15) is 0 Å². The van der Waals surface area contributed by atoms with E-state index in [2.05, 4.69) is 11.9 Å². The molecular weight excluding hydrogens is 178 g/mol. The van der Waals surface area contributed by atoms with Gasteiger partial charge in [-0.2, -0.15) is 0 Å². The van der Waals surface area contributed by atoms with Crippen LogP contribution in [0.1, 0.15) is 25.7 Å². The van der Waals surface area contributed by atoms with Crippen molar-refractivity contribution in [2.24, 2.45) is 5.73 Å². The fraction of sp³-hybridized carbons (Fsp3) is 0.900. The lowest BCUT2D eigenvalue weighted by Gasteiger charge is -2.22. The van der Waals surface area contributed by atoms with Gasteiger partial charge in [-0.1, -0.05) is 0 Å². The van der Waals surface area contributed by atoms with Crippen molar-refractivity contribution in [3.05, 3.63) is 0 Å². The molecule has 1 aliphatic rings. The Morgan fingerprint density at radius 1 is 1.57 bits per heavy atom. The molecule has 1 atom stereocenters. The summed E-state index contributed by atoms with van der Waals surface area (Å²) in [6, 6.07) is 0.604. The van der Waals surface area contributed by atoms with E-state index in [0.717, 1.165) is 45.4 Å². The average molecular weight is 199 g/mol. The Morgan fingerprint density at radius 2 is 2.36 bits per heavy atom. The second-order valence-corrected chi connectivity index (χ2v) is 3.98. The maximum absolute atomic E-state index is 7.09. The van der Waals surface area contributed by atoms with E-state index >= 15 is 0 Å². The third kappa shape index (κ3) is 4.07. The smallest absolute Gasteiger partial charge is 0.0905 e. The van der Waals surface area contributed by atoms with Gasteiger partial charge >= 0.3 is 0 Å². The number of ether oxygens (including phenoxy) is 1. The highest BCUT2D eigenvalue weighted by atomic mass is 16.5. The van der Waals surface area contributed by atoms with Crippen LogP contribution in [0.2, 0.25) is 0 Å². The molecule has 0 aliphatic carbocycles. The highest BCUT2D eigenvalue weighted by molar-refractivity contribution is 5.76. The van der Waals surface area contributed by atoms with Crippen molar-refractivity contribution in [1.29, 1.82) is 5.41 Å². The standard InChI is InChI=1S/C10H21N3O/c1-13(9-5-7-14-8-9)6-3-2-4-10(11)12/h9H,2-8H2,1H3,(H3,11,12). The van der Waals surface area contributed by atoms with Gasteiger partial charge in [0.15, 0.2) is 0 Å². The fourth-order valence-electron chi connectivity index (χ4n) is 1.73. The lowest BCUT2D eigenvalue weighted by molar-refractivity contribution is 0.158. The SMILES string of the molecule is CN(CCCCC(=N)N)C1CCOC1. The quantitative estimate of drug-likeness (QED) is 0.378. The van der Waals surface area contributed by atoms with E-state index in [1.165, 1.54) is 0 Å². The third-order valence-corrected chi connectivity index (χ3v) is 2.74. The highest BCUT2D eigenvalue weighted by Crippen LogP contribution is 2.11. The van der Waals surface area contributed by atoms with Gasteiger partial charge in [-0.25, -0.2) is 0 Å². The summed E-state index contributed by atoms with van der Waals surface area (Å²) in [5, 5.41) is 7.09. The van der Waals surface area contributed by atoms with Crippen molar-refractivity contribution < 1.29 is 4.74 Å². The topological polar surface area (TPSA) is 62.3 Å². The molecule has 0 bridgehead atoms. The summed E-state index contributed by atoms with van der Waals surface area (Å²) in [5.41, 5.74) is 5.28. The number of hydrogen-bond donors (Lipinski definition) is 2. The van der Waals surface area contributed by atoms with Crippen molar-refractivity contribution in [3.63, 3.8) is 0 Å². The van der Waals surface area contributed by atoms with Gasteiger partial charge in [0.1, 0.15) is 0 Å². The van der Waals surface area contributed by atoms with Crippen molar-refractivity contribution in [3.8, 4) is 0 Å². The Kier molecular flexibility index (Phi) is 4.90. The molecule has 4 heteroatoms. The number of nitrogens with zero attached hydrogens (tertiary/aromatic N) is 1. The molecule has 0 aromatic rings. The van der Waals surface area contributed by atoms with Crippen LogP contribution in [0.4, 0.5) is 0 Å². The highest BCUT2D eigenvalue weighted by Gasteiger charge is 2.19. The van der Waals surface area contributed by atoms with Crippen molar-refractivity contribution in [1.82, 2.24) is 4.90 Å². The van der Waals surface area contributed by atoms with Crippen molar-refractivity contribution in [2.45, 2.75) is 31.7 Å².